The lowest BCUT2D eigenvalue weighted by atomic mass is 10.0. The van der Waals surface area contributed by atoms with Gasteiger partial charge in [0.15, 0.2) is 0 Å². The summed E-state index contributed by atoms with van der Waals surface area (Å²) in [7, 11) is 3.56. The third kappa shape index (κ3) is 2.91. The van der Waals surface area contributed by atoms with E-state index in [1.807, 2.05) is 24.7 Å². The highest BCUT2D eigenvalue weighted by Gasteiger charge is 2.17. The molecule has 0 radical (unpaired) electrons. The maximum atomic E-state index is 5.68. The van der Waals surface area contributed by atoms with Gasteiger partial charge < -0.3 is 4.74 Å². The SMILES string of the molecule is COc1cnccc1C(Cc1cc(C)nn1C)NN. The number of ether oxygens (including phenoxy) is 1. The van der Waals surface area contributed by atoms with Gasteiger partial charge in [-0.1, -0.05) is 0 Å². The van der Waals surface area contributed by atoms with E-state index in [2.05, 4.69) is 21.6 Å². The number of aryl methyl sites for hydroxylation is 2. The van der Waals surface area contributed by atoms with Crippen LogP contribution in [0.15, 0.2) is 24.5 Å². The highest BCUT2D eigenvalue weighted by Crippen LogP contribution is 2.26. The lowest BCUT2D eigenvalue weighted by Crippen LogP contribution is -2.30. The zero-order chi connectivity index (χ0) is 13.8. The molecule has 0 bridgehead atoms. The smallest absolute Gasteiger partial charge is 0.141 e. The molecule has 1 atom stereocenters. The highest BCUT2D eigenvalue weighted by atomic mass is 16.5. The molecule has 102 valence electrons. The molecule has 0 aromatic carbocycles. The van der Waals surface area contributed by atoms with E-state index in [0.29, 0.717) is 0 Å². The average Bonchev–Trinajstić information content (AvgIpc) is 2.74. The van der Waals surface area contributed by atoms with Crippen LogP contribution in [0.5, 0.6) is 5.75 Å². The number of methoxy groups -OCH3 is 1. The maximum Gasteiger partial charge on any atom is 0.141 e. The third-order valence-electron chi connectivity index (χ3n) is 3.13. The van der Waals surface area contributed by atoms with E-state index in [1.165, 1.54) is 0 Å². The number of nitrogens with zero attached hydrogens (tertiary/aromatic N) is 3. The number of rotatable bonds is 5. The predicted octanol–water partition coefficient (Wildman–Crippen LogP) is 0.879. The molecule has 6 heteroatoms. The van der Waals surface area contributed by atoms with Gasteiger partial charge in [-0.15, -0.1) is 0 Å². The van der Waals surface area contributed by atoms with Gasteiger partial charge in [0.05, 0.1) is 25.0 Å². The molecule has 0 saturated carbocycles. The number of hydrogen-bond acceptors (Lipinski definition) is 5. The second-order valence-electron chi connectivity index (χ2n) is 4.44. The van der Waals surface area contributed by atoms with E-state index in [-0.39, 0.29) is 6.04 Å². The normalized spacial score (nSPS) is 12.4. The minimum atomic E-state index is -0.0484. The zero-order valence-electron chi connectivity index (χ0n) is 11.4. The molecule has 19 heavy (non-hydrogen) atoms. The Morgan fingerprint density at radius 3 is 2.89 bits per heavy atom. The van der Waals surface area contributed by atoms with Crippen molar-refractivity contribution in [2.75, 3.05) is 7.11 Å². The number of pyridine rings is 1. The molecule has 2 heterocycles. The largest absolute Gasteiger partial charge is 0.495 e. The van der Waals surface area contributed by atoms with Crippen molar-refractivity contribution in [1.29, 1.82) is 0 Å². The quantitative estimate of drug-likeness (QED) is 0.617. The molecule has 0 aliphatic heterocycles. The number of nitrogens with two attached hydrogens (primary N) is 1. The molecule has 2 aromatic heterocycles. The molecule has 1 unspecified atom stereocenters. The lowest BCUT2D eigenvalue weighted by molar-refractivity contribution is 0.396. The molecule has 2 aromatic rings. The molecular weight excluding hydrogens is 242 g/mol. The summed E-state index contributed by atoms with van der Waals surface area (Å²) in [6.07, 6.45) is 4.15. The molecule has 3 N–H and O–H groups in total. The number of nitrogens with one attached hydrogen (secondary N) is 1. The first-order valence-corrected chi connectivity index (χ1v) is 6.09. The van der Waals surface area contributed by atoms with Gasteiger partial charge in [0, 0.05) is 30.9 Å². The van der Waals surface area contributed by atoms with Crippen LogP contribution < -0.4 is 16.0 Å². The predicted molar refractivity (Wildman–Crippen MR) is 72.5 cm³/mol. The topological polar surface area (TPSA) is 78.0 Å². The van der Waals surface area contributed by atoms with Gasteiger partial charge in [0.1, 0.15) is 5.75 Å². The van der Waals surface area contributed by atoms with Crippen molar-refractivity contribution >= 4 is 0 Å². The van der Waals surface area contributed by atoms with E-state index in [1.54, 1.807) is 19.5 Å². The number of aromatic nitrogens is 3. The van der Waals surface area contributed by atoms with Gasteiger partial charge in [0.25, 0.3) is 0 Å². The summed E-state index contributed by atoms with van der Waals surface area (Å²) in [6, 6.07) is 3.91. The van der Waals surface area contributed by atoms with E-state index in [0.717, 1.165) is 29.1 Å². The fraction of sp³-hybridized carbons (Fsp3) is 0.385. The third-order valence-corrected chi connectivity index (χ3v) is 3.13. The van der Waals surface area contributed by atoms with Crippen molar-refractivity contribution in [3.05, 3.63) is 41.5 Å². The molecule has 0 fully saturated rings. The average molecular weight is 261 g/mol. The summed E-state index contributed by atoms with van der Waals surface area (Å²) >= 11 is 0. The Hall–Kier alpha value is -1.92. The van der Waals surface area contributed by atoms with E-state index < -0.39 is 0 Å². The van der Waals surface area contributed by atoms with E-state index in [9.17, 15) is 0 Å². The van der Waals surface area contributed by atoms with E-state index in [4.69, 9.17) is 10.6 Å². The van der Waals surface area contributed by atoms with Crippen LogP contribution in [0.1, 0.15) is 23.0 Å². The minimum absolute atomic E-state index is 0.0484. The summed E-state index contributed by atoms with van der Waals surface area (Å²) in [4.78, 5) is 4.05. The Bertz CT molecular complexity index is 552. The van der Waals surface area contributed by atoms with Crippen LogP contribution in [0.4, 0.5) is 0 Å². The summed E-state index contributed by atoms with van der Waals surface area (Å²) < 4.78 is 7.19. The molecule has 0 saturated heterocycles. The molecule has 0 aliphatic carbocycles. The van der Waals surface area contributed by atoms with Crippen LogP contribution in [0.2, 0.25) is 0 Å². The minimum Gasteiger partial charge on any atom is -0.495 e. The highest BCUT2D eigenvalue weighted by molar-refractivity contribution is 5.33. The second kappa shape index (κ2) is 5.81. The van der Waals surface area contributed by atoms with Gasteiger partial charge in [-0.05, 0) is 19.1 Å². The van der Waals surface area contributed by atoms with Crippen molar-refractivity contribution in [2.45, 2.75) is 19.4 Å². The Balaban J connectivity index is 2.27. The molecule has 0 aliphatic rings. The van der Waals surface area contributed by atoms with Crippen molar-refractivity contribution in [3.63, 3.8) is 0 Å². The second-order valence-corrected chi connectivity index (χ2v) is 4.44. The first kappa shape index (κ1) is 13.5. The summed E-state index contributed by atoms with van der Waals surface area (Å²) in [5, 5.41) is 4.34. The summed E-state index contributed by atoms with van der Waals surface area (Å²) in [6.45, 7) is 1.97. The van der Waals surface area contributed by atoms with E-state index >= 15 is 0 Å². The molecule has 6 nitrogen and oxygen atoms in total. The van der Waals surface area contributed by atoms with Crippen molar-refractivity contribution in [2.24, 2.45) is 12.9 Å². The van der Waals surface area contributed by atoms with Crippen molar-refractivity contribution in [3.8, 4) is 5.75 Å². The Morgan fingerprint density at radius 1 is 1.53 bits per heavy atom. The van der Waals surface area contributed by atoms with Crippen molar-refractivity contribution < 1.29 is 4.74 Å². The van der Waals surface area contributed by atoms with Gasteiger partial charge in [0.2, 0.25) is 0 Å². The fourth-order valence-corrected chi connectivity index (χ4v) is 2.17. The van der Waals surface area contributed by atoms with Gasteiger partial charge in [-0.3, -0.25) is 20.9 Å². The number of hydrazine groups is 1. The molecular formula is C13H19N5O. The van der Waals surface area contributed by atoms with Gasteiger partial charge in [-0.2, -0.15) is 5.10 Å². The van der Waals surface area contributed by atoms with Crippen LogP contribution in [0.3, 0.4) is 0 Å². The first-order valence-electron chi connectivity index (χ1n) is 6.09. The maximum absolute atomic E-state index is 5.68. The van der Waals surface area contributed by atoms with Gasteiger partial charge in [-0.25, -0.2) is 0 Å². The van der Waals surface area contributed by atoms with Gasteiger partial charge >= 0.3 is 0 Å². The Labute approximate surface area is 112 Å². The summed E-state index contributed by atoms with van der Waals surface area (Å²) in [5.74, 6) is 6.40. The summed E-state index contributed by atoms with van der Waals surface area (Å²) in [5.41, 5.74) is 5.92. The first-order chi connectivity index (χ1) is 9.15. The molecule has 2 rings (SSSR count). The van der Waals surface area contributed by atoms with Crippen LogP contribution in [-0.2, 0) is 13.5 Å². The van der Waals surface area contributed by atoms with Crippen LogP contribution >= 0.6 is 0 Å². The Kier molecular flexibility index (Phi) is 4.13. The van der Waals surface area contributed by atoms with Crippen LogP contribution in [0.25, 0.3) is 0 Å². The monoisotopic (exact) mass is 261 g/mol. The van der Waals surface area contributed by atoms with Crippen LogP contribution in [0, 0.1) is 6.92 Å². The van der Waals surface area contributed by atoms with Crippen LogP contribution in [-0.4, -0.2) is 21.9 Å². The zero-order valence-corrected chi connectivity index (χ0v) is 11.4. The van der Waals surface area contributed by atoms with Crippen molar-refractivity contribution in [1.82, 2.24) is 20.2 Å². The lowest BCUT2D eigenvalue weighted by Gasteiger charge is -2.18. The standard InChI is InChI=1S/C13H19N5O/c1-9-6-10(18(2)17-9)7-12(16-14)11-4-5-15-8-13(11)19-3/h4-6,8,12,16H,7,14H2,1-3H3. The Morgan fingerprint density at radius 2 is 2.32 bits per heavy atom. The number of hydrogen-bond donors (Lipinski definition) is 2. The molecule has 0 spiro atoms. The molecule has 0 amide bonds. The fourth-order valence-electron chi connectivity index (χ4n) is 2.17.